The summed E-state index contributed by atoms with van der Waals surface area (Å²) in [5.41, 5.74) is 13.0. The average molecular weight is 538 g/mol. The van der Waals surface area contributed by atoms with E-state index in [-0.39, 0.29) is 12.0 Å². The molecule has 2 aromatic carbocycles. The highest BCUT2D eigenvalue weighted by Gasteiger charge is 2.26. The number of benzene rings is 2. The first kappa shape index (κ1) is 28.6. The van der Waals surface area contributed by atoms with Crippen LogP contribution in [0, 0.1) is 5.82 Å². The van der Waals surface area contributed by atoms with Gasteiger partial charge in [0.05, 0.1) is 5.52 Å². The zero-order valence-corrected chi connectivity index (χ0v) is 22.2. The van der Waals surface area contributed by atoms with Gasteiger partial charge in [0.25, 0.3) is 11.5 Å². The molecule has 200 valence electrons. The number of anilines is 1. The molecule has 1 aliphatic heterocycles. The highest BCUT2D eigenvalue weighted by atomic mass is 32.2. The van der Waals surface area contributed by atoms with Gasteiger partial charge < -0.3 is 21.8 Å². The van der Waals surface area contributed by atoms with Gasteiger partial charge >= 0.3 is 0 Å². The minimum absolute atomic E-state index is 0.0175. The van der Waals surface area contributed by atoms with Crippen molar-refractivity contribution in [1.29, 1.82) is 0 Å². The Morgan fingerprint density at radius 3 is 2.53 bits per heavy atom. The zero-order valence-electron chi connectivity index (χ0n) is 21.4. The summed E-state index contributed by atoms with van der Waals surface area (Å²) in [4.78, 5) is 40.1. The molecule has 0 spiro atoms. The van der Waals surface area contributed by atoms with E-state index in [1.165, 1.54) is 25.3 Å². The summed E-state index contributed by atoms with van der Waals surface area (Å²) in [6.07, 6.45) is 8.46. The van der Waals surface area contributed by atoms with Gasteiger partial charge in [-0.3, -0.25) is 19.4 Å². The number of nitrogen functional groups attached to an aromatic ring is 1. The van der Waals surface area contributed by atoms with E-state index in [9.17, 15) is 9.59 Å². The lowest BCUT2D eigenvalue weighted by Crippen LogP contribution is -2.26. The third-order valence-corrected chi connectivity index (χ3v) is 7.23. The second-order valence-corrected chi connectivity index (χ2v) is 9.74. The molecule has 2 amide bonds. The smallest absolute Gasteiger partial charge is 0.261 e. The third-order valence-electron chi connectivity index (χ3n) is 6.37. The van der Waals surface area contributed by atoms with Crippen molar-refractivity contribution in [3.05, 3.63) is 74.7 Å². The molecule has 38 heavy (non-hydrogen) atoms. The number of nitrogens with two attached hydrogens (primary N) is 2. The van der Waals surface area contributed by atoms with Crippen molar-refractivity contribution in [3.63, 3.8) is 0 Å². The first-order chi connectivity index (χ1) is 18.4. The number of hydrogen-bond donors (Lipinski definition) is 4. The Balaban J connectivity index is 0.000000433. The van der Waals surface area contributed by atoms with Gasteiger partial charge in [0.1, 0.15) is 11.4 Å². The van der Waals surface area contributed by atoms with Crippen LogP contribution < -0.4 is 22.3 Å². The average Bonchev–Trinajstić information content (AvgIpc) is 3.45. The first-order valence-corrected chi connectivity index (χ1v) is 13.3. The van der Waals surface area contributed by atoms with Crippen molar-refractivity contribution in [2.45, 2.75) is 31.6 Å². The molecule has 1 saturated carbocycles. The Hall–Kier alpha value is -3.92. The molecule has 3 aromatic rings. The lowest BCUT2D eigenvalue weighted by Gasteiger charge is -2.29. The number of aromatic nitrogens is 1. The Bertz CT molecular complexity index is 1420. The molecule has 2 aliphatic rings. The largest absolute Gasteiger partial charge is 0.398 e. The number of aliphatic imine (C=N–C) groups is 1. The van der Waals surface area contributed by atoms with Crippen LogP contribution in [0.1, 0.15) is 53.1 Å². The molecule has 0 bridgehead atoms. The van der Waals surface area contributed by atoms with Gasteiger partial charge in [-0.1, -0.05) is 24.6 Å². The minimum atomic E-state index is -0.514. The lowest BCUT2D eigenvalue weighted by atomic mass is 9.76. The van der Waals surface area contributed by atoms with Gasteiger partial charge in [0.15, 0.2) is 0 Å². The predicted octanol–water partition coefficient (Wildman–Crippen LogP) is 4.33. The van der Waals surface area contributed by atoms with Gasteiger partial charge in [0.2, 0.25) is 6.41 Å². The molecule has 10 heteroatoms. The van der Waals surface area contributed by atoms with E-state index in [0.717, 1.165) is 24.8 Å². The van der Waals surface area contributed by atoms with Crippen molar-refractivity contribution >= 4 is 46.9 Å². The van der Waals surface area contributed by atoms with E-state index in [1.807, 2.05) is 23.9 Å². The SMILES string of the molecule is C1=CSCC1.CN=Cc1cc(-c2c(C3CCC3)ccc3cc(C(=O)NC)c(=O)[nH]c23)c(F)cc1N.NC=O. The van der Waals surface area contributed by atoms with Crippen molar-refractivity contribution in [2.75, 3.05) is 25.6 Å². The standard InChI is InChI=1S/C23H23FN4O2.C4H6S.CH3NO/c1-26-11-14-9-16(18(24)10-19(14)25)20-15(12-4-3-5-12)7-6-13-8-17(22(29)27-2)23(30)28-21(13)20;1-2-4-5-3-1;2-1-3/h6-12H,3-5,25H2,1-2H3,(H,27,29)(H,28,30);1,3H,2,4H2;1H,(H2,2,3). The number of primary amides is 1. The number of fused-ring (bicyclic) bond motifs is 1. The molecule has 2 heterocycles. The summed E-state index contributed by atoms with van der Waals surface area (Å²) in [6.45, 7) is 0. The molecule has 0 saturated heterocycles. The summed E-state index contributed by atoms with van der Waals surface area (Å²) in [5.74, 6) is 0.666. The number of aromatic amines is 1. The molecule has 8 nitrogen and oxygen atoms in total. The summed E-state index contributed by atoms with van der Waals surface area (Å²) in [6, 6.07) is 8.34. The van der Waals surface area contributed by atoms with Gasteiger partial charge in [-0.2, -0.15) is 0 Å². The minimum Gasteiger partial charge on any atom is -0.398 e. The van der Waals surface area contributed by atoms with Crippen LogP contribution >= 0.6 is 11.8 Å². The zero-order chi connectivity index (χ0) is 27.7. The van der Waals surface area contributed by atoms with E-state index >= 15 is 4.39 Å². The monoisotopic (exact) mass is 537 g/mol. The number of nitrogens with zero attached hydrogens (tertiary/aromatic N) is 1. The number of hydrogen-bond acceptors (Lipinski definition) is 6. The summed E-state index contributed by atoms with van der Waals surface area (Å²) in [7, 11) is 3.09. The van der Waals surface area contributed by atoms with E-state index < -0.39 is 17.3 Å². The van der Waals surface area contributed by atoms with Crippen LogP contribution in [0.2, 0.25) is 0 Å². The fourth-order valence-corrected chi connectivity index (χ4v) is 5.01. The number of carbonyl (C=O) groups is 2. The van der Waals surface area contributed by atoms with Gasteiger partial charge in [-0.25, -0.2) is 4.39 Å². The van der Waals surface area contributed by atoms with Crippen LogP contribution in [0.4, 0.5) is 10.1 Å². The topological polar surface area (TPSA) is 143 Å². The molecule has 0 unspecified atom stereocenters. The first-order valence-electron chi connectivity index (χ1n) is 12.2. The fraction of sp³-hybridized carbons (Fsp3) is 0.286. The maximum atomic E-state index is 15.1. The third kappa shape index (κ3) is 6.49. The van der Waals surface area contributed by atoms with E-state index in [1.54, 1.807) is 25.4 Å². The molecule has 5 rings (SSSR count). The Kier molecular flexibility index (Phi) is 10.2. The Morgan fingerprint density at radius 2 is 2.00 bits per heavy atom. The van der Waals surface area contributed by atoms with Crippen molar-refractivity contribution in [3.8, 4) is 11.1 Å². The predicted molar refractivity (Wildman–Crippen MR) is 154 cm³/mol. The second-order valence-electron chi connectivity index (χ2n) is 8.73. The molecule has 1 fully saturated rings. The fourth-order valence-electron chi connectivity index (χ4n) is 4.33. The number of rotatable bonds is 4. The summed E-state index contributed by atoms with van der Waals surface area (Å²) in [5, 5.41) is 5.28. The van der Waals surface area contributed by atoms with Crippen molar-refractivity contribution in [1.82, 2.24) is 10.3 Å². The van der Waals surface area contributed by atoms with E-state index in [4.69, 9.17) is 10.5 Å². The number of H-pyrrole nitrogens is 1. The highest BCUT2D eigenvalue weighted by Crippen LogP contribution is 2.44. The Labute approximate surface area is 224 Å². The highest BCUT2D eigenvalue weighted by molar-refractivity contribution is 8.02. The number of carbonyl (C=O) groups excluding carboxylic acids is 2. The van der Waals surface area contributed by atoms with Crippen LogP contribution in [0.3, 0.4) is 0 Å². The summed E-state index contributed by atoms with van der Waals surface area (Å²) >= 11 is 1.89. The van der Waals surface area contributed by atoms with Gasteiger partial charge in [0, 0.05) is 48.4 Å². The van der Waals surface area contributed by atoms with Crippen LogP contribution in [0.25, 0.3) is 22.0 Å². The molecular formula is C28H32FN5O3S. The second kappa shape index (κ2) is 13.6. The van der Waals surface area contributed by atoms with Crippen LogP contribution in [-0.2, 0) is 4.79 Å². The quantitative estimate of drug-likeness (QED) is 0.222. The molecule has 6 N–H and O–H groups in total. The number of allylic oxidation sites excluding steroid dienone is 1. The van der Waals surface area contributed by atoms with Gasteiger partial charge in [-0.05, 0) is 59.7 Å². The van der Waals surface area contributed by atoms with E-state index in [2.05, 4.69) is 32.5 Å². The van der Waals surface area contributed by atoms with Crippen molar-refractivity contribution in [2.24, 2.45) is 10.7 Å². The van der Waals surface area contributed by atoms with Crippen LogP contribution in [0.5, 0.6) is 0 Å². The Morgan fingerprint density at radius 1 is 1.26 bits per heavy atom. The molecular weight excluding hydrogens is 505 g/mol. The normalized spacial score (nSPS) is 14.3. The molecule has 0 atom stereocenters. The molecule has 1 aliphatic carbocycles. The number of thioether (sulfide) groups is 1. The van der Waals surface area contributed by atoms with E-state index in [0.29, 0.717) is 39.2 Å². The number of pyridine rings is 1. The van der Waals surface area contributed by atoms with Crippen molar-refractivity contribution < 1.29 is 14.0 Å². The number of halogens is 1. The number of amides is 2. The van der Waals surface area contributed by atoms with Crippen LogP contribution in [0.15, 0.2) is 51.6 Å². The molecule has 0 radical (unpaired) electrons. The maximum absolute atomic E-state index is 15.1. The maximum Gasteiger partial charge on any atom is 0.261 e. The number of nitrogens with one attached hydrogen (secondary N) is 2. The lowest BCUT2D eigenvalue weighted by molar-refractivity contribution is -0.106. The molecule has 1 aromatic heterocycles. The van der Waals surface area contributed by atoms with Crippen LogP contribution in [-0.4, -0.2) is 43.4 Å². The van der Waals surface area contributed by atoms with Gasteiger partial charge in [-0.15, -0.1) is 11.8 Å². The summed E-state index contributed by atoms with van der Waals surface area (Å²) < 4.78 is 15.1.